The van der Waals surface area contributed by atoms with Crippen molar-refractivity contribution >= 4 is 0 Å². The third kappa shape index (κ3) is 2.17. The maximum atomic E-state index is 10.7. The van der Waals surface area contributed by atoms with Crippen LogP contribution in [0.5, 0.6) is 0 Å². The second-order valence-electron chi connectivity index (χ2n) is 5.77. The highest BCUT2D eigenvalue weighted by atomic mass is 16.3. The van der Waals surface area contributed by atoms with E-state index in [1.54, 1.807) is 12.5 Å². The Morgan fingerprint density at radius 2 is 1.88 bits per heavy atom. The average molecular weight is 222 g/mol. The van der Waals surface area contributed by atoms with Crippen LogP contribution in [0.3, 0.4) is 0 Å². The van der Waals surface area contributed by atoms with E-state index in [1.165, 1.54) is 6.42 Å². The van der Waals surface area contributed by atoms with Crippen molar-refractivity contribution in [2.45, 2.75) is 45.6 Å². The molecule has 1 fully saturated rings. The van der Waals surface area contributed by atoms with Crippen molar-refractivity contribution in [1.29, 1.82) is 0 Å². The third-order valence-corrected chi connectivity index (χ3v) is 4.08. The summed E-state index contributed by atoms with van der Waals surface area (Å²) in [5, 5.41) is 10.7. The number of hydrogen-bond acceptors (Lipinski definition) is 2. The van der Waals surface area contributed by atoms with Gasteiger partial charge in [-0.1, -0.05) is 13.8 Å². The van der Waals surface area contributed by atoms with Gasteiger partial charge in [-0.2, -0.15) is 0 Å². The van der Waals surface area contributed by atoms with Crippen LogP contribution in [0.4, 0.5) is 0 Å². The van der Waals surface area contributed by atoms with E-state index >= 15 is 0 Å². The zero-order valence-electron chi connectivity index (χ0n) is 10.4. The predicted octanol–water partition coefficient (Wildman–Crippen LogP) is 3.56. The molecule has 3 atom stereocenters. The average Bonchev–Trinajstić information content (AvgIpc) is 2.69. The summed E-state index contributed by atoms with van der Waals surface area (Å²) in [5.41, 5.74) is 0.175. The van der Waals surface area contributed by atoms with Crippen LogP contribution in [0.25, 0.3) is 0 Å². The molecule has 0 aromatic carbocycles. The quantitative estimate of drug-likeness (QED) is 0.830. The molecule has 0 saturated heterocycles. The lowest BCUT2D eigenvalue weighted by Crippen LogP contribution is -2.36. The Labute approximate surface area is 97.7 Å². The minimum atomic E-state index is -0.740. The Balaban J connectivity index is 2.17. The zero-order valence-corrected chi connectivity index (χ0v) is 10.4. The summed E-state index contributed by atoms with van der Waals surface area (Å²) in [6.45, 7) is 6.50. The molecular weight excluding hydrogens is 200 g/mol. The Hall–Kier alpha value is -0.760. The second kappa shape index (κ2) is 4.25. The van der Waals surface area contributed by atoms with Gasteiger partial charge in [0.1, 0.15) is 0 Å². The van der Waals surface area contributed by atoms with E-state index in [9.17, 15) is 5.11 Å². The van der Waals surface area contributed by atoms with E-state index in [2.05, 4.69) is 13.8 Å². The van der Waals surface area contributed by atoms with Gasteiger partial charge >= 0.3 is 0 Å². The molecular formula is C14H22O2. The van der Waals surface area contributed by atoms with Gasteiger partial charge in [-0.05, 0) is 50.0 Å². The van der Waals surface area contributed by atoms with Crippen LogP contribution in [0, 0.1) is 17.8 Å². The first-order valence-electron chi connectivity index (χ1n) is 6.25. The van der Waals surface area contributed by atoms with Crippen LogP contribution in [-0.2, 0) is 5.60 Å². The van der Waals surface area contributed by atoms with Crippen molar-refractivity contribution in [2.75, 3.05) is 0 Å². The summed E-state index contributed by atoms with van der Waals surface area (Å²) in [5.74, 6) is 1.78. The van der Waals surface area contributed by atoms with Crippen molar-refractivity contribution in [3.8, 4) is 0 Å². The van der Waals surface area contributed by atoms with Crippen LogP contribution in [0.1, 0.15) is 45.6 Å². The van der Waals surface area contributed by atoms with Gasteiger partial charge in [0.05, 0.1) is 18.1 Å². The number of rotatable bonds is 2. The summed E-state index contributed by atoms with van der Waals surface area (Å²) >= 11 is 0. The van der Waals surface area contributed by atoms with Crippen LogP contribution in [-0.4, -0.2) is 5.11 Å². The van der Waals surface area contributed by atoms with Gasteiger partial charge in [-0.3, -0.25) is 0 Å². The molecule has 0 radical (unpaired) electrons. The molecule has 2 nitrogen and oxygen atoms in total. The highest BCUT2D eigenvalue weighted by molar-refractivity contribution is 5.16. The maximum Gasteiger partial charge on any atom is 0.0963 e. The van der Waals surface area contributed by atoms with Gasteiger partial charge in [0, 0.05) is 5.56 Å². The van der Waals surface area contributed by atoms with E-state index < -0.39 is 5.60 Å². The number of aliphatic hydroxyl groups is 1. The fraction of sp³-hybridized carbons (Fsp3) is 0.714. The highest BCUT2D eigenvalue weighted by Gasteiger charge is 2.38. The Morgan fingerprint density at radius 1 is 1.25 bits per heavy atom. The van der Waals surface area contributed by atoms with Gasteiger partial charge in [0.25, 0.3) is 0 Å². The van der Waals surface area contributed by atoms with Crippen LogP contribution in [0.15, 0.2) is 23.0 Å². The van der Waals surface area contributed by atoms with Crippen molar-refractivity contribution in [3.63, 3.8) is 0 Å². The first kappa shape index (κ1) is 11.7. The topological polar surface area (TPSA) is 33.4 Å². The molecule has 1 aliphatic rings. The van der Waals surface area contributed by atoms with Gasteiger partial charge in [-0.25, -0.2) is 0 Å². The monoisotopic (exact) mass is 222 g/mol. The lowest BCUT2D eigenvalue weighted by Gasteiger charge is -2.40. The molecule has 1 aromatic heterocycles. The summed E-state index contributed by atoms with van der Waals surface area (Å²) in [6, 6.07) is 1.88. The Kier molecular flexibility index (Phi) is 3.11. The molecule has 1 N–H and O–H groups in total. The zero-order chi connectivity index (χ0) is 11.8. The summed E-state index contributed by atoms with van der Waals surface area (Å²) in [6.07, 6.45) is 6.83. The van der Waals surface area contributed by atoms with E-state index in [4.69, 9.17) is 4.42 Å². The third-order valence-electron chi connectivity index (χ3n) is 4.08. The summed E-state index contributed by atoms with van der Waals surface area (Å²) in [7, 11) is 0. The lowest BCUT2D eigenvalue weighted by molar-refractivity contribution is -0.0390. The molecule has 0 spiro atoms. The smallest absolute Gasteiger partial charge is 0.0963 e. The fourth-order valence-corrected chi connectivity index (χ4v) is 3.19. The molecule has 90 valence electrons. The minimum Gasteiger partial charge on any atom is -0.472 e. The van der Waals surface area contributed by atoms with Crippen molar-refractivity contribution in [1.82, 2.24) is 0 Å². The summed E-state index contributed by atoms with van der Waals surface area (Å²) in [4.78, 5) is 0. The molecule has 3 unspecified atom stereocenters. The maximum absolute atomic E-state index is 10.7. The highest BCUT2D eigenvalue weighted by Crippen LogP contribution is 2.43. The normalized spacial score (nSPS) is 34.6. The van der Waals surface area contributed by atoms with Crippen molar-refractivity contribution < 1.29 is 9.52 Å². The molecule has 2 rings (SSSR count). The molecule has 1 saturated carbocycles. The molecule has 1 heterocycles. The molecule has 1 aromatic rings. The van der Waals surface area contributed by atoms with E-state index in [1.807, 2.05) is 13.0 Å². The largest absolute Gasteiger partial charge is 0.472 e. The SMILES string of the molecule is CC1CC(C)CC(C(C)(O)c2ccoc2)C1. The van der Waals surface area contributed by atoms with E-state index in [-0.39, 0.29) is 0 Å². The Morgan fingerprint density at radius 3 is 2.38 bits per heavy atom. The molecule has 0 amide bonds. The molecule has 2 heteroatoms. The van der Waals surface area contributed by atoms with E-state index in [0.717, 1.165) is 18.4 Å². The fourth-order valence-electron chi connectivity index (χ4n) is 3.19. The van der Waals surface area contributed by atoms with E-state index in [0.29, 0.717) is 17.8 Å². The number of hydrogen-bond donors (Lipinski definition) is 1. The number of furan rings is 1. The first-order chi connectivity index (χ1) is 7.50. The van der Waals surface area contributed by atoms with Crippen molar-refractivity contribution in [3.05, 3.63) is 24.2 Å². The standard InChI is InChI=1S/C14H22O2/c1-10-6-11(2)8-13(7-10)14(3,15)12-4-5-16-9-12/h4-5,9-11,13,15H,6-8H2,1-3H3. The molecule has 1 aliphatic carbocycles. The predicted molar refractivity (Wildman–Crippen MR) is 63.9 cm³/mol. The Bertz CT molecular complexity index is 317. The van der Waals surface area contributed by atoms with Crippen LogP contribution < -0.4 is 0 Å². The van der Waals surface area contributed by atoms with Crippen LogP contribution in [0.2, 0.25) is 0 Å². The first-order valence-corrected chi connectivity index (χ1v) is 6.25. The minimum absolute atomic E-state index is 0.351. The second-order valence-corrected chi connectivity index (χ2v) is 5.77. The van der Waals surface area contributed by atoms with Gasteiger partial charge in [0.2, 0.25) is 0 Å². The van der Waals surface area contributed by atoms with Crippen LogP contribution >= 0.6 is 0 Å². The van der Waals surface area contributed by atoms with Gasteiger partial charge in [-0.15, -0.1) is 0 Å². The molecule has 0 bridgehead atoms. The van der Waals surface area contributed by atoms with Gasteiger partial charge in [0.15, 0.2) is 0 Å². The van der Waals surface area contributed by atoms with Crippen molar-refractivity contribution in [2.24, 2.45) is 17.8 Å². The summed E-state index contributed by atoms with van der Waals surface area (Å²) < 4.78 is 5.09. The lowest BCUT2D eigenvalue weighted by atomic mass is 9.68. The van der Waals surface area contributed by atoms with Gasteiger partial charge < -0.3 is 9.52 Å². The molecule has 16 heavy (non-hydrogen) atoms. The molecule has 0 aliphatic heterocycles.